The second-order valence-corrected chi connectivity index (χ2v) is 5.14. The zero-order valence-corrected chi connectivity index (χ0v) is 11.0. The maximum absolute atomic E-state index is 13.4. The minimum atomic E-state index is -1.44. The van der Waals surface area contributed by atoms with Crippen molar-refractivity contribution in [3.05, 3.63) is 41.7 Å². The van der Waals surface area contributed by atoms with E-state index in [4.69, 9.17) is 5.11 Å². The van der Waals surface area contributed by atoms with Crippen LogP contribution in [-0.4, -0.2) is 22.9 Å². The third-order valence-corrected chi connectivity index (χ3v) is 3.95. The average Bonchev–Trinajstić information content (AvgIpc) is 2.72. The average molecular weight is 289 g/mol. The molecule has 0 spiro atoms. The Morgan fingerprint density at radius 1 is 1.14 bits per heavy atom. The van der Waals surface area contributed by atoms with Gasteiger partial charge in [-0.2, -0.15) is 0 Å². The molecule has 2 aliphatic rings. The maximum atomic E-state index is 13.4. The summed E-state index contributed by atoms with van der Waals surface area (Å²) in [5.74, 6) is -3.84. The predicted octanol–water partition coefficient (Wildman–Crippen LogP) is 1.98. The number of imide groups is 1. The van der Waals surface area contributed by atoms with Gasteiger partial charge >= 0.3 is 5.97 Å². The highest BCUT2D eigenvalue weighted by Gasteiger charge is 2.47. The number of fused-ring (bicyclic) bond motifs is 1. The highest BCUT2D eigenvalue weighted by Crippen LogP contribution is 2.37. The molecule has 1 N–H and O–H groups in total. The molecular formula is C15H12FNO4. The van der Waals surface area contributed by atoms with Gasteiger partial charge in [-0.25, -0.2) is 9.18 Å². The Balaban J connectivity index is 2.01. The van der Waals surface area contributed by atoms with E-state index in [2.05, 4.69) is 0 Å². The van der Waals surface area contributed by atoms with Gasteiger partial charge in [0.25, 0.3) is 0 Å². The number of carbonyl (C=O) groups excluding carboxylic acids is 2. The van der Waals surface area contributed by atoms with Gasteiger partial charge in [-0.15, -0.1) is 0 Å². The number of aromatic carboxylic acids is 1. The number of carboxylic acid groups (broad SMARTS) is 1. The molecular weight excluding hydrogens is 277 g/mol. The van der Waals surface area contributed by atoms with Crippen molar-refractivity contribution in [3.8, 4) is 0 Å². The normalized spacial score (nSPS) is 24.3. The number of rotatable bonds is 2. The minimum Gasteiger partial charge on any atom is -0.478 e. The zero-order valence-electron chi connectivity index (χ0n) is 11.0. The van der Waals surface area contributed by atoms with E-state index >= 15 is 0 Å². The molecule has 1 aliphatic heterocycles. The highest BCUT2D eigenvalue weighted by molar-refractivity contribution is 6.22. The second kappa shape index (κ2) is 4.80. The molecule has 1 aromatic rings. The van der Waals surface area contributed by atoms with Gasteiger partial charge in [-0.05, 0) is 31.0 Å². The monoisotopic (exact) mass is 289 g/mol. The predicted molar refractivity (Wildman–Crippen MR) is 71.2 cm³/mol. The molecule has 21 heavy (non-hydrogen) atoms. The Kier molecular flexibility index (Phi) is 3.08. The second-order valence-electron chi connectivity index (χ2n) is 5.14. The lowest BCUT2D eigenvalue weighted by atomic mass is 9.85. The largest absolute Gasteiger partial charge is 0.478 e. The van der Waals surface area contributed by atoms with Crippen molar-refractivity contribution in [3.63, 3.8) is 0 Å². The number of nitrogens with zero attached hydrogens (tertiary/aromatic N) is 1. The number of amides is 2. The lowest BCUT2D eigenvalue weighted by Crippen LogP contribution is -2.31. The zero-order chi connectivity index (χ0) is 15.1. The van der Waals surface area contributed by atoms with Crippen LogP contribution in [-0.2, 0) is 9.59 Å². The highest BCUT2D eigenvalue weighted by atomic mass is 19.1. The first-order valence-electron chi connectivity index (χ1n) is 6.56. The molecule has 5 nitrogen and oxygen atoms in total. The molecule has 2 unspecified atom stereocenters. The summed E-state index contributed by atoms with van der Waals surface area (Å²) in [7, 11) is 0. The minimum absolute atomic E-state index is 0.109. The molecule has 0 bridgehead atoms. The lowest BCUT2D eigenvalue weighted by molar-refractivity contribution is -0.122. The number of anilines is 1. The van der Waals surface area contributed by atoms with Gasteiger partial charge in [0.05, 0.1) is 23.1 Å². The van der Waals surface area contributed by atoms with E-state index in [1.165, 1.54) is 6.07 Å². The number of carbonyl (C=O) groups is 3. The number of allylic oxidation sites excluding steroid dienone is 2. The third-order valence-electron chi connectivity index (χ3n) is 3.95. The summed E-state index contributed by atoms with van der Waals surface area (Å²) in [5, 5.41) is 8.93. The molecule has 1 fully saturated rings. The van der Waals surface area contributed by atoms with E-state index < -0.39 is 29.2 Å². The standard InChI is InChI=1S/C15H12FNO4/c16-12-6-5-8(7-11(12)15(20)21)17-13(18)9-3-1-2-4-10(9)14(17)19/h1-2,5-7,9-10H,3-4H2,(H,20,21). The SMILES string of the molecule is O=C(O)c1cc(N2C(=O)C3CC=CCC3C2=O)ccc1F. The Bertz CT molecular complexity index is 656. The molecule has 0 saturated carbocycles. The van der Waals surface area contributed by atoms with Crippen molar-refractivity contribution in [1.82, 2.24) is 0 Å². The molecule has 108 valence electrons. The Morgan fingerprint density at radius 3 is 2.24 bits per heavy atom. The number of hydrogen-bond donors (Lipinski definition) is 1. The van der Waals surface area contributed by atoms with Crippen LogP contribution in [0.4, 0.5) is 10.1 Å². The summed E-state index contributed by atoms with van der Waals surface area (Å²) in [6.07, 6.45) is 4.73. The van der Waals surface area contributed by atoms with Crippen LogP contribution in [0.1, 0.15) is 23.2 Å². The van der Waals surface area contributed by atoms with Gasteiger partial charge in [0.2, 0.25) is 11.8 Å². The van der Waals surface area contributed by atoms with Crippen LogP contribution in [0.25, 0.3) is 0 Å². The molecule has 1 aliphatic carbocycles. The quantitative estimate of drug-likeness (QED) is 0.667. The van der Waals surface area contributed by atoms with Gasteiger partial charge in [-0.3, -0.25) is 14.5 Å². The molecule has 2 atom stereocenters. The Morgan fingerprint density at radius 2 is 1.71 bits per heavy atom. The van der Waals surface area contributed by atoms with Crippen LogP contribution in [0.5, 0.6) is 0 Å². The molecule has 2 amide bonds. The molecule has 0 aromatic heterocycles. The van der Waals surface area contributed by atoms with Crippen LogP contribution in [0.3, 0.4) is 0 Å². The van der Waals surface area contributed by atoms with E-state index in [9.17, 15) is 18.8 Å². The van der Waals surface area contributed by atoms with Crippen LogP contribution < -0.4 is 4.90 Å². The molecule has 1 aromatic carbocycles. The summed E-state index contributed by atoms with van der Waals surface area (Å²) in [5.41, 5.74) is -0.445. The summed E-state index contributed by atoms with van der Waals surface area (Å²) in [4.78, 5) is 36.6. The number of carboxylic acids is 1. The van der Waals surface area contributed by atoms with Crippen molar-refractivity contribution in [2.45, 2.75) is 12.8 Å². The summed E-state index contributed by atoms with van der Waals surface area (Å²) in [6.45, 7) is 0. The molecule has 1 saturated heterocycles. The van der Waals surface area contributed by atoms with Crippen LogP contribution in [0.15, 0.2) is 30.4 Å². The lowest BCUT2D eigenvalue weighted by Gasteiger charge is -2.15. The van der Waals surface area contributed by atoms with Gasteiger partial charge in [0, 0.05) is 0 Å². The van der Waals surface area contributed by atoms with E-state index in [1.54, 1.807) is 0 Å². The molecule has 3 rings (SSSR count). The first-order valence-corrected chi connectivity index (χ1v) is 6.56. The molecule has 0 radical (unpaired) electrons. The summed E-state index contributed by atoms with van der Waals surface area (Å²) >= 11 is 0. The fourth-order valence-electron chi connectivity index (χ4n) is 2.87. The van der Waals surface area contributed by atoms with Crippen molar-refractivity contribution < 1.29 is 23.9 Å². The van der Waals surface area contributed by atoms with E-state index in [1.807, 2.05) is 12.2 Å². The van der Waals surface area contributed by atoms with Gasteiger partial charge < -0.3 is 5.11 Å². The van der Waals surface area contributed by atoms with Crippen LogP contribution in [0.2, 0.25) is 0 Å². The van der Waals surface area contributed by atoms with Gasteiger partial charge in [-0.1, -0.05) is 12.2 Å². The maximum Gasteiger partial charge on any atom is 0.338 e. The summed E-state index contributed by atoms with van der Waals surface area (Å²) < 4.78 is 13.4. The van der Waals surface area contributed by atoms with Crippen molar-refractivity contribution >= 4 is 23.5 Å². The number of benzene rings is 1. The fraction of sp³-hybridized carbons (Fsp3) is 0.267. The first-order chi connectivity index (χ1) is 10.0. The fourth-order valence-corrected chi connectivity index (χ4v) is 2.87. The topological polar surface area (TPSA) is 74.7 Å². The van der Waals surface area contributed by atoms with Gasteiger partial charge in [0.1, 0.15) is 5.82 Å². The van der Waals surface area contributed by atoms with Crippen molar-refractivity contribution in [1.29, 1.82) is 0 Å². The summed E-state index contributed by atoms with van der Waals surface area (Å²) in [6, 6.07) is 3.24. The van der Waals surface area contributed by atoms with Crippen molar-refractivity contribution in [2.24, 2.45) is 11.8 Å². The van der Waals surface area contributed by atoms with Crippen LogP contribution >= 0.6 is 0 Å². The first kappa shape index (κ1) is 13.5. The smallest absolute Gasteiger partial charge is 0.338 e. The van der Waals surface area contributed by atoms with Crippen molar-refractivity contribution in [2.75, 3.05) is 4.90 Å². The van der Waals surface area contributed by atoms with Gasteiger partial charge in [0.15, 0.2) is 0 Å². The van der Waals surface area contributed by atoms with E-state index in [-0.39, 0.29) is 17.5 Å². The number of halogens is 1. The molecule has 1 heterocycles. The Hall–Kier alpha value is -2.50. The Labute approximate surface area is 119 Å². The van der Waals surface area contributed by atoms with E-state index in [0.29, 0.717) is 12.8 Å². The molecule has 6 heteroatoms. The number of hydrogen-bond acceptors (Lipinski definition) is 3. The van der Waals surface area contributed by atoms with E-state index in [0.717, 1.165) is 17.0 Å². The van der Waals surface area contributed by atoms with Crippen LogP contribution in [0, 0.1) is 17.7 Å². The third kappa shape index (κ3) is 2.03.